The Balaban J connectivity index is 2.04. The Morgan fingerprint density at radius 1 is 1.22 bits per heavy atom. The molecule has 0 bridgehead atoms. The zero-order chi connectivity index (χ0) is 19.6. The van der Waals surface area contributed by atoms with Gasteiger partial charge in [0.15, 0.2) is 0 Å². The number of hydrazone groups is 1. The summed E-state index contributed by atoms with van der Waals surface area (Å²) in [5, 5.41) is 6.51. The Hall–Kier alpha value is -2.38. The van der Waals surface area contributed by atoms with Crippen molar-refractivity contribution in [3.63, 3.8) is 0 Å². The molecule has 27 heavy (non-hydrogen) atoms. The lowest BCUT2D eigenvalue weighted by molar-refractivity contribution is -0.132. The third-order valence-electron chi connectivity index (χ3n) is 4.27. The molecule has 1 aliphatic heterocycles. The number of hydrogen-bond donors (Lipinski definition) is 1. The molecule has 1 amide bonds. The molecule has 3 rings (SSSR count). The summed E-state index contributed by atoms with van der Waals surface area (Å²) in [5.41, 5.74) is 2.59. The average molecular weight is 406 g/mol. The van der Waals surface area contributed by atoms with Gasteiger partial charge in [0.2, 0.25) is 15.9 Å². The van der Waals surface area contributed by atoms with E-state index >= 15 is 0 Å². The minimum Gasteiger partial charge on any atom is -0.283 e. The second kappa shape index (κ2) is 7.70. The molecule has 2 aromatic carbocycles. The van der Waals surface area contributed by atoms with E-state index in [1.165, 1.54) is 5.01 Å². The predicted octanol–water partition coefficient (Wildman–Crippen LogP) is 3.80. The monoisotopic (exact) mass is 405 g/mol. The second-order valence-corrected chi connectivity index (χ2v) is 8.46. The molecule has 0 radical (unpaired) electrons. The van der Waals surface area contributed by atoms with Gasteiger partial charge < -0.3 is 0 Å². The first-order chi connectivity index (χ1) is 12.8. The number of benzene rings is 2. The van der Waals surface area contributed by atoms with Gasteiger partial charge >= 0.3 is 0 Å². The molecule has 8 heteroatoms. The van der Waals surface area contributed by atoms with Gasteiger partial charge in [-0.25, -0.2) is 13.4 Å². The number of para-hydroxylation sites is 1. The minimum atomic E-state index is -3.46. The lowest BCUT2D eigenvalue weighted by Crippen LogP contribution is -2.27. The first-order valence-corrected chi connectivity index (χ1v) is 10.8. The van der Waals surface area contributed by atoms with E-state index in [-0.39, 0.29) is 12.3 Å². The topological polar surface area (TPSA) is 78.8 Å². The highest BCUT2D eigenvalue weighted by molar-refractivity contribution is 7.92. The molecule has 6 nitrogen and oxygen atoms in total. The van der Waals surface area contributed by atoms with Crippen molar-refractivity contribution in [3.8, 4) is 0 Å². The normalized spacial score (nSPS) is 16.9. The van der Waals surface area contributed by atoms with Gasteiger partial charge in [-0.1, -0.05) is 54.9 Å². The maximum atomic E-state index is 12.5. The molecule has 0 fully saturated rings. The Kier molecular flexibility index (Phi) is 5.53. The maximum Gasteiger partial charge on any atom is 0.242 e. The van der Waals surface area contributed by atoms with Crippen molar-refractivity contribution in [3.05, 3.63) is 64.7 Å². The number of halogens is 1. The minimum absolute atomic E-state index is 0.142. The van der Waals surface area contributed by atoms with Crippen molar-refractivity contribution in [2.24, 2.45) is 5.10 Å². The number of amides is 1. The molecule has 0 aliphatic carbocycles. The maximum absolute atomic E-state index is 12.5. The van der Waals surface area contributed by atoms with Crippen molar-refractivity contribution >= 4 is 38.9 Å². The summed E-state index contributed by atoms with van der Waals surface area (Å²) >= 11 is 6.30. The molecule has 0 spiro atoms. The molecule has 0 saturated carbocycles. The van der Waals surface area contributed by atoms with Crippen LogP contribution >= 0.6 is 11.6 Å². The summed E-state index contributed by atoms with van der Waals surface area (Å²) in [6.45, 7) is 1.77. The molecule has 1 atom stereocenters. The van der Waals surface area contributed by atoms with Gasteiger partial charge in [-0.2, -0.15) is 5.10 Å². The molecular formula is C19H20ClN3O3S. The largest absolute Gasteiger partial charge is 0.283 e. The zero-order valence-corrected chi connectivity index (χ0v) is 16.6. The Labute approximate surface area is 163 Å². The van der Waals surface area contributed by atoms with Gasteiger partial charge in [-0.3, -0.25) is 9.52 Å². The van der Waals surface area contributed by atoms with Gasteiger partial charge in [0.1, 0.15) is 0 Å². The van der Waals surface area contributed by atoms with Crippen LogP contribution in [0.4, 0.5) is 5.69 Å². The third-order valence-corrected chi connectivity index (χ3v) is 5.19. The molecule has 1 N–H and O–H groups in total. The fourth-order valence-electron chi connectivity index (χ4n) is 3.08. The van der Waals surface area contributed by atoms with Crippen LogP contribution in [0.5, 0.6) is 0 Å². The Morgan fingerprint density at radius 2 is 1.89 bits per heavy atom. The lowest BCUT2D eigenvalue weighted by Gasteiger charge is -2.24. The van der Waals surface area contributed by atoms with Gasteiger partial charge in [0, 0.05) is 29.0 Å². The van der Waals surface area contributed by atoms with Crippen LogP contribution in [0.25, 0.3) is 0 Å². The van der Waals surface area contributed by atoms with Crippen LogP contribution in [0.15, 0.2) is 53.6 Å². The van der Waals surface area contributed by atoms with Gasteiger partial charge in [0.25, 0.3) is 0 Å². The van der Waals surface area contributed by atoms with Gasteiger partial charge in [-0.05, 0) is 12.1 Å². The second-order valence-electron chi connectivity index (χ2n) is 6.30. The van der Waals surface area contributed by atoms with Crippen molar-refractivity contribution < 1.29 is 13.2 Å². The predicted molar refractivity (Wildman–Crippen MR) is 107 cm³/mol. The standard InChI is InChI=1S/C19H20ClN3O3S/c1-3-19(24)23-18(12-17(21-23)13-8-4-6-10-15(13)20)14-9-5-7-11-16(14)22-27(2,25)26/h4-11,18,22H,3,12H2,1-2H3/t18-/m0/s1. The quantitative estimate of drug-likeness (QED) is 0.821. The molecular weight excluding hydrogens is 386 g/mol. The van der Waals surface area contributed by atoms with Crippen LogP contribution in [-0.4, -0.2) is 31.3 Å². The van der Waals surface area contributed by atoms with Crippen LogP contribution < -0.4 is 4.72 Å². The summed E-state index contributed by atoms with van der Waals surface area (Å²) in [5.74, 6) is -0.142. The first-order valence-electron chi connectivity index (χ1n) is 8.51. The van der Waals surface area contributed by atoms with E-state index in [4.69, 9.17) is 11.6 Å². The Morgan fingerprint density at radius 3 is 2.56 bits per heavy atom. The summed E-state index contributed by atoms with van der Waals surface area (Å²) < 4.78 is 26.0. The number of nitrogens with zero attached hydrogens (tertiary/aromatic N) is 2. The summed E-state index contributed by atoms with van der Waals surface area (Å²) in [7, 11) is -3.46. The number of carbonyl (C=O) groups excluding carboxylic acids is 1. The lowest BCUT2D eigenvalue weighted by atomic mass is 9.97. The van der Waals surface area contributed by atoms with E-state index in [1.54, 1.807) is 31.2 Å². The third kappa shape index (κ3) is 4.31. The first kappa shape index (κ1) is 19.4. The number of nitrogens with one attached hydrogen (secondary N) is 1. The van der Waals surface area contributed by atoms with Crippen molar-refractivity contribution in [2.45, 2.75) is 25.8 Å². The fourth-order valence-corrected chi connectivity index (χ4v) is 3.91. The van der Waals surface area contributed by atoms with Crippen LogP contribution in [0.1, 0.15) is 36.9 Å². The van der Waals surface area contributed by atoms with Crippen LogP contribution in [-0.2, 0) is 14.8 Å². The smallest absolute Gasteiger partial charge is 0.242 e. The number of rotatable bonds is 5. The van der Waals surface area contributed by atoms with Crippen LogP contribution in [0, 0.1) is 0 Å². The molecule has 2 aromatic rings. The molecule has 0 unspecified atom stereocenters. The summed E-state index contributed by atoms with van der Waals surface area (Å²) in [6.07, 6.45) is 1.83. The SMILES string of the molecule is CCC(=O)N1N=C(c2ccccc2Cl)C[C@H]1c1ccccc1NS(C)(=O)=O. The molecule has 0 aromatic heterocycles. The van der Waals surface area contributed by atoms with E-state index < -0.39 is 16.1 Å². The Bertz CT molecular complexity index is 1000. The van der Waals surface area contributed by atoms with Crippen LogP contribution in [0.2, 0.25) is 5.02 Å². The van der Waals surface area contributed by atoms with Gasteiger partial charge in [-0.15, -0.1) is 0 Å². The van der Waals surface area contributed by atoms with Gasteiger partial charge in [0.05, 0.1) is 23.7 Å². The van der Waals surface area contributed by atoms with E-state index in [9.17, 15) is 13.2 Å². The van der Waals surface area contributed by atoms with Crippen LogP contribution in [0.3, 0.4) is 0 Å². The molecule has 142 valence electrons. The summed E-state index contributed by atoms with van der Waals surface area (Å²) in [6, 6.07) is 14.0. The fraction of sp³-hybridized carbons (Fsp3) is 0.263. The van der Waals surface area contributed by atoms with Crippen molar-refractivity contribution in [1.29, 1.82) is 0 Å². The summed E-state index contributed by atoms with van der Waals surface area (Å²) in [4.78, 5) is 12.5. The average Bonchev–Trinajstić information content (AvgIpc) is 3.05. The number of hydrogen-bond acceptors (Lipinski definition) is 4. The van der Waals surface area contributed by atoms with Crippen molar-refractivity contribution in [1.82, 2.24) is 5.01 Å². The van der Waals surface area contributed by atoms with E-state index in [0.29, 0.717) is 28.4 Å². The number of anilines is 1. The molecule has 1 aliphatic rings. The highest BCUT2D eigenvalue weighted by Crippen LogP contribution is 2.38. The van der Waals surface area contributed by atoms with E-state index in [1.807, 2.05) is 24.3 Å². The highest BCUT2D eigenvalue weighted by atomic mass is 35.5. The van der Waals surface area contributed by atoms with E-state index in [0.717, 1.165) is 11.8 Å². The number of carbonyl (C=O) groups is 1. The van der Waals surface area contributed by atoms with Crippen molar-refractivity contribution in [2.75, 3.05) is 11.0 Å². The molecule has 1 heterocycles. The highest BCUT2D eigenvalue weighted by Gasteiger charge is 2.34. The zero-order valence-electron chi connectivity index (χ0n) is 15.0. The van der Waals surface area contributed by atoms with E-state index in [2.05, 4.69) is 9.82 Å². The molecule has 0 saturated heterocycles. The number of sulfonamides is 1.